The summed E-state index contributed by atoms with van der Waals surface area (Å²) >= 11 is 6.18. The highest BCUT2D eigenvalue weighted by atomic mass is 35.5. The Morgan fingerprint density at radius 1 is 0.963 bits per heavy atom. The molecule has 4 nitrogen and oxygen atoms in total. The van der Waals surface area contributed by atoms with Gasteiger partial charge >= 0.3 is 0 Å². The molecule has 6 heteroatoms. The predicted octanol–water partition coefficient (Wildman–Crippen LogP) is 5.37. The highest BCUT2D eigenvalue weighted by Crippen LogP contribution is 2.31. The van der Waals surface area contributed by atoms with E-state index in [1.54, 1.807) is 14.2 Å². The van der Waals surface area contributed by atoms with Gasteiger partial charge in [-0.05, 0) is 54.9 Å². The van der Waals surface area contributed by atoms with Crippen molar-refractivity contribution < 1.29 is 13.9 Å². The van der Waals surface area contributed by atoms with Crippen molar-refractivity contribution in [3.63, 3.8) is 0 Å². The van der Waals surface area contributed by atoms with E-state index < -0.39 is 0 Å². The van der Waals surface area contributed by atoms with Crippen molar-refractivity contribution in [3.05, 3.63) is 70.9 Å². The molecular weight excluding hydrogens is 385 g/mol. The van der Waals surface area contributed by atoms with E-state index in [9.17, 15) is 0 Å². The molecule has 0 unspecified atom stereocenters. The summed E-state index contributed by atoms with van der Waals surface area (Å²) in [4.78, 5) is 0. The number of methoxy groups -OCH3 is 2. The fourth-order valence-electron chi connectivity index (χ4n) is 2.79. The molecule has 0 fully saturated rings. The Balaban J connectivity index is 0.00000261. The number of rotatable bonds is 8. The van der Waals surface area contributed by atoms with Crippen molar-refractivity contribution in [2.24, 2.45) is 0 Å². The highest BCUT2D eigenvalue weighted by molar-refractivity contribution is 6.32. The van der Waals surface area contributed by atoms with Gasteiger partial charge in [-0.1, -0.05) is 29.8 Å². The largest absolute Gasteiger partial charge is 0.496 e. The van der Waals surface area contributed by atoms with E-state index in [0.29, 0.717) is 17.3 Å². The third-order valence-corrected chi connectivity index (χ3v) is 4.46. The lowest BCUT2D eigenvalue weighted by atomic mass is 10.1. The van der Waals surface area contributed by atoms with Crippen molar-refractivity contribution in [2.75, 3.05) is 20.8 Å². The lowest BCUT2D eigenvalue weighted by Crippen LogP contribution is -2.16. The van der Waals surface area contributed by atoms with Gasteiger partial charge in [0.15, 0.2) is 0 Å². The van der Waals surface area contributed by atoms with E-state index in [-0.39, 0.29) is 12.4 Å². The van der Waals surface area contributed by atoms with Crippen LogP contribution in [-0.2, 0) is 13.0 Å². The average molecular weight is 408 g/mol. The Morgan fingerprint density at radius 3 is 2.48 bits per heavy atom. The van der Waals surface area contributed by atoms with Crippen LogP contribution in [0.3, 0.4) is 0 Å². The quantitative estimate of drug-likeness (QED) is 0.509. The van der Waals surface area contributed by atoms with Crippen LogP contribution in [0.25, 0.3) is 11.3 Å². The molecule has 3 aromatic rings. The van der Waals surface area contributed by atoms with Gasteiger partial charge in [-0.25, -0.2) is 0 Å². The van der Waals surface area contributed by atoms with Crippen LogP contribution >= 0.6 is 24.0 Å². The molecule has 0 atom stereocenters. The summed E-state index contributed by atoms with van der Waals surface area (Å²) in [5.41, 5.74) is 2.12. The summed E-state index contributed by atoms with van der Waals surface area (Å²) in [5, 5.41) is 3.97. The Bertz CT molecular complexity index is 864. The molecular formula is C21H23Cl2NO3. The molecule has 1 N–H and O–H groups in total. The highest BCUT2D eigenvalue weighted by Gasteiger charge is 2.08. The van der Waals surface area contributed by atoms with E-state index >= 15 is 0 Å². The standard InChI is InChI=1S/C21H22ClNO3.ClH/c1-24-19-6-4-3-5-15(19)11-12-23-14-17-8-10-20(26-17)16-7-9-21(25-2)18(22)13-16;/h3-10,13,23H,11-12,14H2,1-2H3;1H. The Morgan fingerprint density at radius 2 is 1.74 bits per heavy atom. The molecule has 0 spiro atoms. The molecule has 2 aromatic carbocycles. The van der Waals surface area contributed by atoms with Crippen molar-refractivity contribution >= 4 is 24.0 Å². The fourth-order valence-corrected chi connectivity index (χ4v) is 3.05. The number of halogens is 2. The minimum atomic E-state index is 0. The Hall–Kier alpha value is -2.14. The Kier molecular flexibility index (Phi) is 8.04. The van der Waals surface area contributed by atoms with E-state index in [1.807, 2.05) is 48.5 Å². The van der Waals surface area contributed by atoms with Gasteiger partial charge in [0.05, 0.1) is 25.8 Å². The number of hydrogen-bond donors (Lipinski definition) is 1. The lowest BCUT2D eigenvalue weighted by molar-refractivity contribution is 0.408. The van der Waals surface area contributed by atoms with Crippen LogP contribution < -0.4 is 14.8 Å². The average Bonchev–Trinajstić information content (AvgIpc) is 3.14. The minimum absolute atomic E-state index is 0. The van der Waals surface area contributed by atoms with Crippen LogP contribution in [0.4, 0.5) is 0 Å². The first-order valence-electron chi connectivity index (χ1n) is 8.46. The van der Waals surface area contributed by atoms with Gasteiger partial charge in [0.25, 0.3) is 0 Å². The zero-order chi connectivity index (χ0) is 18.4. The summed E-state index contributed by atoms with van der Waals surface area (Å²) < 4.78 is 16.5. The van der Waals surface area contributed by atoms with Crippen LogP contribution in [0.5, 0.6) is 11.5 Å². The van der Waals surface area contributed by atoms with Crippen LogP contribution in [0.15, 0.2) is 59.0 Å². The molecule has 3 rings (SSSR count). The van der Waals surface area contributed by atoms with E-state index in [0.717, 1.165) is 35.8 Å². The first kappa shape index (κ1) is 21.2. The summed E-state index contributed by atoms with van der Waals surface area (Å²) in [6, 6.07) is 17.6. The molecule has 0 aliphatic rings. The second-order valence-corrected chi connectivity index (χ2v) is 6.26. The summed E-state index contributed by atoms with van der Waals surface area (Å²) in [5.74, 6) is 3.24. The molecule has 144 valence electrons. The number of furan rings is 1. The first-order chi connectivity index (χ1) is 12.7. The van der Waals surface area contributed by atoms with Gasteiger partial charge < -0.3 is 19.2 Å². The second-order valence-electron chi connectivity index (χ2n) is 5.85. The normalized spacial score (nSPS) is 10.3. The zero-order valence-electron chi connectivity index (χ0n) is 15.3. The van der Waals surface area contributed by atoms with Crippen LogP contribution in [0.1, 0.15) is 11.3 Å². The van der Waals surface area contributed by atoms with Gasteiger partial charge in [-0.15, -0.1) is 12.4 Å². The van der Waals surface area contributed by atoms with Gasteiger partial charge in [0, 0.05) is 5.56 Å². The third kappa shape index (κ3) is 5.42. The summed E-state index contributed by atoms with van der Waals surface area (Å²) in [6.07, 6.45) is 0.895. The molecule has 0 saturated carbocycles. The lowest BCUT2D eigenvalue weighted by Gasteiger charge is -2.08. The molecule has 0 bridgehead atoms. The van der Waals surface area contributed by atoms with E-state index in [1.165, 1.54) is 5.56 Å². The fraction of sp³-hybridized carbons (Fsp3) is 0.238. The number of nitrogens with one attached hydrogen (secondary N) is 1. The van der Waals surface area contributed by atoms with Gasteiger partial charge in [-0.2, -0.15) is 0 Å². The van der Waals surface area contributed by atoms with Crippen LogP contribution in [0.2, 0.25) is 5.02 Å². The maximum Gasteiger partial charge on any atom is 0.137 e. The molecule has 1 aromatic heterocycles. The molecule has 0 saturated heterocycles. The van der Waals surface area contributed by atoms with Crippen molar-refractivity contribution in [2.45, 2.75) is 13.0 Å². The molecule has 0 aliphatic heterocycles. The Labute approximate surface area is 170 Å². The maximum atomic E-state index is 6.18. The first-order valence-corrected chi connectivity index (χ1v) is 8.84. The zero-order valence-corrected chi connectivity index (χ0v) is 16.9. The van der Waals surface area contributed by atoms with Gasteiger partial charge in [0.1, 0.15) is 23.0 Å². The maximum absolute atomic E-state index is 6.18. The molecule has 1 heterocycles. The molecule has 0 radical (unpaired) electrons. The SMILES string of the molecule is COc1ccc(-c2ccc(CNCCc3ccccc3OC)o2)cc1Cl.Cl. The topological polar surface area (TPSA) is 43.6 Å². The van der Waals surface area contributed by atoms with Crippen molar-refractivity contribution in [1.29, 1.82) is 0 Å². The number of para-hydroxylation sites is 1. The van der Waals surface area contributed by atoms with Crippen LogP contribution in [-0.4, -0.2) is 20.8 Å². The molecule has 27 heavy (non-hydrogen) atoms. The van der Waals surface area contributed by atoms with E-state index in [2.05, 4.69) is 11.4 Å². The number of ether oxygens (including phenoxy) is 2. The smallest absolute Gasteiger partial charge is 0.137 e. The van der Waals surface area contributed by atoms with Crippen molar-refractivity contribution in [1.82, 2.24) is 5.32 Å². The summed E-state index contributed by atoms with van der Waals surface area (Å²) in [7, 11) is 3.30. The second kappa shape index (κ2) is 10.3. The van der Waals surface area contributed by atoms with Crippen molar-refractivity contribution in [3.8, 4) is 22.8 Å². The molecule has 0 amide bonds. The number of hydrogen-bond acceptors (Lipinski definition) is 4. The third-order valence-electron chi connectivity index (χ3n) is 4.16. The van der Waals surface area contributed by atoms with Gasteiger partial charge in [0.2, 0.25) is 0 Å². The molecule has 0 aliphatic carbocycles. The predicted molar refractivity (Wildman–Crippen MR) is 111 cm³/mol. The monoisotopic (exact) mass is 407 g/mol. The summed E-state index contributed by atoms with van der Waals surface area (Å²) in [6.45, 7) is 1.50. The number of benzene rings is 2. The minimum Gasteiger partial charge on any atom is -0.496 e. The van der Waals surface area contributed by atoms with E-state index in [4.69, 9.17) is 25.5 Å². The van der Waals surface area contributed by atoms with Crippen LogP contribution in [0, 0.1) is 0 Å². The van der Waals surface area contributed by atoms with Gasteiger partial charge in [-0.3, -0.25) is 0 Å².